The third-order valence-corrected chi connectivity index (χ3v) is 5.13. The molecule has 3 aromatic heterocycles. The molecule has 0 radical (unpaired) electrons. The first-order valence-corrected chi connectivity index (χ1v) is 9.09. The number of pyridine rings is 1. The predicted octanol–water partition coefficient (Wildman–Crippen LogP) is 0.352. The van der Waals surface area contributed by atoms with Crippen LogP contribution in [-0.2, 0) is 10.3 Å². The molecule has 1 atom stereocenters. The van der Waals surface area contributed by atoms with E-state index in [2.05, 4.69) is 25.7 Å². The minimum absolute atomic E-state index is 0.0144. The van der Waals surface area contributed by atoms with Crippen molar-refractivity contribution in [3.63, 3.8) is 0 Å². The molecule has 0 aromatic carbocycles. The number of hydrogen-bond donors (Lipinski definition) is 1. The van der Waals surface area contributed by atoms with Gasteiger partial charge >= 0.3 is 0 Å². The van der Waals surface area contributed by atoms with Crippen molar-refractivity contribution in [3.05, 3.63) is 48.2 Å². The molecule has 0 unspecified atom stereocenters. The molecule has 0 bridgehead atoms. The third-order valence-electron chi connectivity index (χ3n) is 5.13. The number of anilines is 1. The van der Waals surface area contributed by atoms with Gasteiger partial charge in [0.1, 0.15) is 18.2 Å². The molecule has 1 aliphatic carbocycles. The molecule has 0 spiro atoms. The maximum Gasteiger partial charge on any atom is 0.274 e. The number of carbonyl (C=O) groups excluding carboxylic acids is 2. The highest BCUT2D eigenvalue weighted by Crippen LogP contribution is 2.48. The van der Waals surface area contributed by atoms with Gasteiger partial charge in [-0.05, 0) is 25.0 Å². The molecule has 2 amide bonds. The number of hydrogen-bond acceptors (Lipinski definition) is 8. The van der Waals surface area contributed by atoms with E-state index in [0.29, 0.717) is 17.3 Å². The van der Waals surface area contributed by atoms with Gasteiger partial charge in [-0.25, -0.2) is 4.98 Å². The van der Waals surface area contributed by atoms with Crippen molar-refractivity contribution in [1.29, 1.82) is 0 Å². The monoisotopic (exact) mass is 395 g/mol. The maximum atomic E-state index is 12.7. The lowest BCUT2D eigenvalue weighted by Crippen LogP contribution is -2.49. The van der Waals surface area contributed by atoms with E-state index < -0.39 is 17.5 Å². The molecule has 1 N–H and O–H groups in total. The summed E-state index contributed by atoms with van der Waals surface area (Å²) in [4.78, 5) is 32.5. The Morgan fingerprint density at radius 3 is 2.83 bits per heavy atom. The lowest BCUT2D eigenvalue weighted by atomic mass is 10.2. The number of fused-ring (bicyclic) bond motifs is 1. The Morgan fingerprint density at radius 1 is 1.28 bits per heavy atom. The molecule has 11 nitrogen and oxygen atoms in total. The summed E-state index contributed by atoms with van der Waals surface area (Å²) in [6, 6.07) is 4.12. The molecule has 1 aliphatic heterocycles. The van der Waals surface area contributed by atoms with Crippen LogP contribution in [0.25, 0.3) is 0 Å². The van der Waals surface area contributed by atoms with E-state index in [1.807, 2.05) is 0 Å². The highest BCUT2D eigenvalue weighted by atomic mass is 16.5. The van der Waals surface area contributed by atoms with Crippen LogP contribution in [0.4, 0.5) is 5.82 Å². The average molecular weight is 395 g/mol. The Hall–Kier alpha value is -3.76. The summed E-state index contributed by atoms with van der Waals surface area (Å²) in [6.45, 7) is -0.0144. The van der Waals surface area contributed by atoms with E-state index in [1.54, 1.807) is 48.6 Å². The summed E-state index contributed by atoms with van der Waals surface area (Å²) < 4.78 is 11.1. The normalized spacial score (nSPS) is 19.8. The molecule has 11 heteroatoms. The number of nitrogens with one attached hydrogen (secondary N) is 1. The van der Waals surface area contributed by atoms with Gasteiger partial charge in [0.05, 0.1) is 12.4 Å². The zero-order valence-corrected chi connectivity index (χ0v) is 15.5. The van der Waals surface area contributed by atoms with Crippen LogP contribution in [0.3, 0.4) is 0 Å². The number of aromatic nitrogens is 5. The van der Waals surface area contributed by atoms with E-state index in [9.17, 15) is 9.59 Å². The number of rotatable bonds is 4. The van der Waals surface area contributed by atoms with Crippen LogP contribution in [-0.4, -0.2) is 56.6 Å². The van der Waals surface area contributed by atoms with Crippen molar-refractivity contribution in [2.75, 3.05) is 18.6 Å². The first-order valence-electron chi connectivity index (χ1n) is 9.09. The molecule has 3 aromatic rings. The quantitative estimate of drug-likeness (QED) is 0.670. The van der Waals surface area contributed by atoms with Gasteiger partial charge in [0.2, 0.25) is 0 Å². The Bertz CT molecular complexity index is 1070. The minimum atomic E-state index is -0.885. The van der Waals surface area contributed by atoms with Gasteiger partial charge in [-0.1, -0.05) is 5.16 Å². The van der Waals surface area contributed by atoms with Crippen molar-refractivity contribution < 1.29 is 18.8 Å². The first kappa shape index (κ1) is 17.3. The fourth-order valence-corrected chi connectivity index (χ4v) is 3.37. The Morgan fingerprint density at radius 2 is 2.07 bits per heavy atom. The zero-order valence-electron chi connectivity index (χ0n) is 15.5. The van der Waals surface area contributed by atoms with Crippen molar-refractivity contribution in [2.24, 2.45) is 0 Å². The molecule has 29 heavy (non-hydrogen) atoms. The van der Waals surface area contributed by atoms with Gasteiger partial charge in [0.25, 0.3) is 11.8 Å². The molecule has 4 heterocycles. The molecule has 2 aliphatic rings. The van der Waals surface area contributed by atoms with E-state index in [0.717, 1.165) is 12.8 Å². The first-order chi connectivity index (χ1) is 14.1. The molecule has 148 valence electrons. The summed E-state index contributed by atoms with van der Waals surface area (Å²) in [5.41, 5.74) is -0.419. The van der Waals surface area contributed by atoms with Crippen LogP contribution >= 0.6 is 0 Å². The Balaban J connectivity index is 1.33. The topological polar surface area (TPSA) is 128 Å². The largest absolute Gasteiger partial charge is 0.487 e. The van der Waals surface area contributed by atoms with Crippen LogP contribution in [0.1, 0.15) is 29.1 Å². The van der Waals surface area contributed by atoms with Crippen molar-refractivity contribution >= 4 is 17.6 Å². The molecule has 5 rings (SSSR count). The van der Waals surface area contributed by atoms with Crippen LogP contribution < -0.4 is 15.0 Å². The summed E-state index contributed by atoms with van der Waals surface area (Å²) in [6.07, 6.45) is 6.34. The molecule has 0 saturated heterocycles. The fraction of sp³-hybridized carbons (Fsp3) is 0.333. The molecular weight excluding hydrogens is 378 g/mol. The van der Waals surface area contributed by atoms with Crippen LogP contribution in [0, 0.1) is 0 Å². The van der Waals surface area contributed by atoms with Gasteiger partial charge in [-0.15, -0.1) is 0 Å². The number of amides is 2. The highest BCUT2D eigenvalue weighted by molar-refractivity contribution is 6.02. The second-order valence-electron chi connectivity index (χ2n) is 6.99. The standard InChI is InChI=1S/C18H17N7O4/c1-24-15-13(3-2-6-19-15)28-10-12(17(24)27)22-16(26)11-9-14(29-23-11)18(4-5-18)25-20-7-8-21-25/h2-3,6-9,12H,4-5,10H2,1H3,(H,22,26)/t12-/m0/s1. The Labute approximate surface area is 164 Å². The van der Waals surface area contributed by atoms with Crippen molar-refractivity contribution in [1.82, 2.24) is 30.5 Å². The average Bonchev–Trinajstić information content (AvgIpc) is 3.17. The van der Waals surface area contributed by atoms with Crippen LogP contribution in [0.2, 0.25) is 0 Å². The lowest BCUT2D eigenvalue weighted by molar-refractivity contribution is -0.120. The lowest BCUT2D eigenvalue weighted by Gasteiger charge is -2.19. The van der Waals surface area contributed by atoms with E-state index in [1.165, 1.54) is 4.90 Å². The number of nitrogens with zero attached hydrogens (tertiary/aromatic N) is 6. The highest BCUT2D eigenvalue weighted by Gasteiger charge is 2.52. The van der Waals surface area contributed by atoms with E-state index >= 15 is 0 Å². The van der Waals surface area contributed by atoms with Gasteiger partial charge in [-0.3, -0.25) is 14.5 Å². The maximum absolute atomic E-state index is 12.7. The van der Waals surface area contributed by atoms with Crippen molar-refractivity contribution in [3.8, 4) is 5.75 Å². The minimum Gasteiger partial charge on any atom is -0.487 e. The van der Waals surface area contributed by atoms with Gasteiger partial charge in [0, 0.05) is 19.3 Å². The second-order valence-corrected chi connectivity index (χ2v) is 6.99. The summed E-state index contributed by atoms with van der Waals surface area (Å²) in [7, 11) is 1.59. The number of carbonyl (C=O) groups is 2. The van der Waals surface area contributed by atoms with E-state index in [4.69, 9.17) is 9.26 Å². The third kappa shape index (κ3) is 2.82. The van der Waals surface area contributed by atoms with Crippen molar-refractivity contribution in [2.45, 2.75) is 24.4 Å². The predicted molar refractivity (Wildman–Crippen MR) is 97.2 cm³/mol. The number of ether oxygens (including phenoxy) is 1. The van der Waals surface area contributed by atoms with Crippen LogP contribution in [0.5, 0.6) is 5.75 Å². The molecule has 1 saturated carbocycles. The number of likely N-dealkylation sites (N-methyl/N-ethyl adjacent to an activating group) is 1. The molecular formula is C18H17N7O4. The summed E-state index contributed by atoms with van der Waals surface area (Å²) in [5, 5.41) is 14.9. The summed E-state index contributed by atoms with van der Waals surface area (Å²) in [5.74, 6) is 0.528. The second kappa shape index (κ2) is 6.40. The smallest absolute Gasteiger partial charge is 0.274 e. The Kier molecular flexibility index (Phi) is 3.83. The van der Waals surface area contributed by atoms with Gasteiger partial charge in [-0.2, -0.15) is 15.0 Å². The molecule has 1 fully saturated rings. The van der Waals surface area contributed by atoms with Crippen LogP contribution in [0.15, 0.2) is 41.3 Å². The van der Waals surface area contributed by atoms with Gasteiger partial charge in [0.15, 0.2) is 23.0 Å². The summed E-state index contributed by atoms with van der Waals surface area (Å²) >= 11 is 0. The fourth-order valence-electron chi connectivity index (χ4n) is 3.37. The van der Waals surface area contributed by atoms with E-state index in [-0.39, 0.29) is 18.2 Å². The zero-order chi connectivity index (χ0) is 20.0. The SMILES string of the molecule is CN1C(=O)[C@@H](NC(=O)c2cc(C3(n4nccn4)CC3)on2)COc2cccnc21. The van der Waals surface area contributed by atoms with Gasteiger partial charge < -0.3 is 14.6 Å².